The maximum absolute atomic E-state index is 13.9. The lowest BCUT2D eigenvalue weighted by molar-refractivity contribution is -0.120. The number of hydrogen-bond donors (Lipinski definition) is 2. The molecule has 0 aliphatic carbocycles. The molecule has 1 aliphatic heterocycles. The van der Waals surface area contributed by atoms with Crippen LogP contribution in [0, 0.1) is 5.82 Å². The first-order chi connectivity index (χ1) is 11.9. The Kier molecular flexibility index (Phi) is 4.50. The van der Waals surface area contributed by atoms with Gasteiger partial charge in [0.1, 0.15) is 6.04 Å². The van der Waals surface area contributed by atoms with Crippen molar-refractivity contribution in [2.75, 3.05) is 11.9 Å². The highest BCUT2D eigenvalue weighted by atomic mass is 35.5. The molecule has 3 amide bonds. The minimum atomic E-state index is -0.785. The van der Waals surface area contributed by atoms with Crippen LogP contribution < -0.4 is 20.7 Å². The second-order valence-electron chi connectivity index (χ2n) is 5.58. The van der Waals surface area contributed by atoms with Gasteiger partial charge < -0.3 is 20.7 Å². The second-order valence-corrected chi connectivity index (χ2v) is 5.99. The van der Waals surface area contributed by atoms with Crippen LogP contribution in [-0.4, -0.2) is 25.0 Å². The van der Waals surface area contributed by atoms with E-state index >= 15 is 0 Å². The number of nitrogens with two attached hydrogens (primary N) is 1. The van der Waals surface area contributed by atoms with Gasteiger partial charge in [-0.25, -0.2) is 9.18 Å². The number of carbonyl (C=O) groups is 2. The predicted molar refractivity (Wildman–Crippen MR) is 91.5 cm³/mol. The van der Waals surface area contributed by atoms with E-state index in [-0.39, 0.29) is 28.8 Å². The third-order valence-corrected chi connectivity index (χ3v) is 4.22. The molecular weight excluding hydrogens is 349 g/mol. The fourth-order valence-electron chi connectivity index (χ4n) is 2.79. The van der Waals surface area contributed by atoms with Crippen LogP contribution in [0.5, 0.6) is 11.5 Å². The SMILES string of the molecule is CN1C(=O)[C@H](NC(N)=O)Cc2ccc(Cl)c(Oc3ccccc3F)c21. The molecular formula is C17H15ClFN3O3. The van der Waals surface area contributed by atoms with Gasteiger partial charge in [0.15, 0.2) is 17.3 Å². The summed E-state index contributed by atoms with van der Waals surface area (Å²) < 4.78 is 19.6. The van der Waals surface area contributed by atoms with Gasteiger partial charge in [0.25, 0.3) is 0 Å². The number of rotatable bonds is 3. The Balaban J connectivity index is 2.04. The van der Waals surface area contributed by atoms with Gasteiger partial charge in [-0.3, -0.25) is 4.79 Å². The summed E-state index contributed by atoms with van der Waals surface area (Å²) in [6.07, 6.45) is 0.228. The van der Waals surface area contributed by atoms with Crippen LogP contribution in [0.25, 0.3) is 0 Å². The molecule has 1 heterocycles. The molecule has 25 heavy (non-hydrogen) atoms. The summed E-state index contributed by atoms with van der Waals surface area (Å²) in [7, 11) is 1.53. The number of urea groups is 1. The van der Waals surface area contributed by atoms with E-state index < -0.39 is 17.9 Å². The average molecular weight is 364 g/mol. The predicted octanol–water partition coefficient (Wildman–Crippen LogP) is 2.83. The number of carbonyl (C=O) groups excluding carboxylic acids is 2. The Bertz CT molecular complexity index is 859. The Morgan fingerprint density at radius 2 is 2.08 bits per heavy atom. The molecule has 0 saturated heterocycles. The lowest BCUT2D eigenvalue weighted by atomic mass is 9.97. The normalized spacial score (nSPS) is 16.4. The quantitative estimate of drug-likeness (QED) is 0.879. The van der Waals surface area contributed by atoms with E-state index in [0.29, 0.717) is 5.69 Å². The third-order valence-electron chi connectivity index (χ3n) is 3.92. The minimum absolute atomic E-state index is 0.00367. The maximum Gasteiger partial charge on any atom is 0.312 e. The summed E-state index contributed by atoms with van der Waals surface area (Å²) in [5.74, 6) is -0.741. The first-order valence-electron chi connectivity index (χ1n) is 7.45. The highest BCUT2D eigenvalue weighted by molar-refractivity contribution is 6.33. The van der Waals surface area contributed by atoms with Crippen molar-refractivity contribution in [1.82, 2.24) is 5.32 Å². The highest BCUT2D eigenvalue weighted by Crippen LogP contribution is 2.43. The largest absolute Gasteiger partial charge is 0.450 e. The average Bonchev–Trinajstić information content (AvgIpc) is 2.56. The molecule has 0 aromatic heterocycles. The maximum atomic E-state index is 13.9. The Hall–Kier alpha value is -2.80. The zero-order valence-corrected chi connectivity index (χ0v) is 14.0. The topological polar surface area (TPSA) is 84.7 Å². The number of hydrogen-bond acceptors (Lipinski definition) is 3. The fourth-order valence-corrected chi connectivity index (χ4v) is 2.98. The van der Waals surface area contributed by atoms with Crippen molar-refractivity contribution in [3.63, 3.8) is 0 Å². The molecule has 1 atom stereocenters. The summed E-state index contributed by atoms with van der Waals surface area (Å²) in [5, 5.41) is 2.65. The number of halogens is 2. The number of primary amides is 1. The standard InChI is InChI=1S/C17H15ClFN3O3/c1-22-14-9(8-12(16(22)23)21-17(20)24)6-7-10(18)15(14)25-13-5-3-2-4-11(13)19/h2-7,12H,8H2,1H3,(H3,20,21,24)/t12-/m1/s1. The van der Waals surface area contributed by atoms with Gasteiger partial charge >= 0.3 is 6.03 Å². The van der Waals surface area contributed by atoms with Crippen molar-refractivity contribution in [3.8, 4) is 11.5 Å². The molecule has 3 rings (SSSR count). The summed E-state index contributed by atoms with van der Waals surface area (Å²) >= 11 is 6.22. The van der Waals surface area contributed by atoms with E-state index in [4.69, 9.17) is 22.1 Å². The first kappa shape index (κ1) is 17.0. The summed E-state index contributed by atoms with van der Waals surface area (Å²) in [5.41, 5.74) is 6.27. The van der Waals surface area contributed by atoms with Crippen molar-refractivity contribution in [2.24, 2.45) is 5.73 Å². The first-order valence-corrected chi connectivity index (χ1v) is 7.83. The fraction of sp³-hybridized carbons (Fsp3) is 0.176. The van der Waals surface area contributed by atoms with Gasteiger partial charge in [-0.2, -0.15) is 0 Å². The van der Waals surface area contributed by atoms with E-state index in [9.17, 15) is 14.0 Å². The van der Waals surface area contributed by atoms with Crippen molar-refractivity contribution < 1.29 is 18.7 Å². The second kappa shape index (κ2) is 6.60. The number of nitrogens with zero attached hydrogens (tertiary/aromatic N) is 1. The molecule has 2 aromatic rings. The summed E-state index contributed by atoms with van der Waals surface area (Å²) in [6.45, 7) is 0. The Morgan fingerprint density at radius 1 is 1.36 bits per heavy atom. The number of anilines is 1. The van der Waals surface area contributed by atoms with Gasteiger partial charge in [-0.1, -0.05) is 29.8 Å². The summed E-state index contributed by atoms with van der Waals surface area (Å²) in [4.78, 5) is 24.9. The minimum Gasteiger partial charge on any atom is -0.450 e. The number of amides is 3. The van der Waals surface area contributed by atoms with Gasteiger partial charge in [0.2, 0.25) is 5.91 Å². The molecule has 2 aromatic carbocycles. The van der Waals surface area contributed by atoms with Gasteiger partial charge in [0.05, 0.1) is 10.7 Å². The molecule has 0 fully saturated rings. The van der Waals surface area contributed by atoms with E-state index in [2.05, 4.69) is 5.32 Å². The molecule has 6 nitrogen and oxygen atoms in total. The zero-order valence-electron chi connectivity index (χ0n) is 13.3. The van der Waals surface area contributed by atoms with E-state index in [1.807, 2.05) is 0 Å². The molecule has 130 valence electrons. The number of likely N-dealkylation sites (N-methyl/N-ethyl adjacent to an activating group) is 1. The van der Waals surface area contributed by atoms with Crippen LogP contribution in [0.15, 0.2) is 36.4 Å². The molecule has 1 aliphatic rings. The lowest BCUT2D eigenvalue weighted by Gasteiger charge is -2.33. The lowest BCUT2D eigenvalue weighted by Crippen LogP contribution is -2.53. The van der Waals surface area contributed by atoms with Crippen LogP contribution in [0.3, 0.4) is 0 Å². The van der Waals surface area contributed by atoms with Gasteiger partial charge in [-0.05, 0) is 23.8 Å². The number of para-hydroxylation sites is 1. The number of fused-ring (bicyclic) bond motifs is 1. The molecule has 0 radical (unpaired) electrons. The molecule has 3 N–H and O–H groups in total. The highest BCUT2D eigenvalue weighted by Gasteiger charge is 2.34. The molecule has 0 spiro atoms. The molecule has 8 heteroatoms. The van der Waals surface area contributed by atoms with Crippen molar-refractivity contribution in [1.29, 1.82) is 0 Å². The molecule has 0 saturated carbocycles. The van der Waals surface area contributed by atoms with Gasteiger partial charge in [-0.15, -0.1) is 0 Å². The molecule has 0 unspecified atom stereocenters. The molecule has 0 bridgehead atoms. The van der Waals surface area contributed by atoms with Crippen LogP contribution in [0.2, 0.25) is 5.02 Å². The van der Waals surface area contributed by atoms with E-state index in [1.54, 1.807) is 24.3 Å². The van der Waals surface area contributed by atoms with Crippen molar-refractivity contribution in [3.05, 3.63) is 52.8 Å². The third kappa shape index (κ3) is 3.23. The Labute approximate surface area is 148 Å². The van der Waals surface area contributed by atoms with E-state index in [0.717, 1.165) is 5.56 Å². The van der Waals surface area contributed by atoms with Crippen molar-refractivity contribution in [2.45, 2.75) is 12.5 Å². The number of benzene rings is 2. The monoisotopic (exact) mass is 363 g/mol. The number of ether oxygens (including phenoxy) is 1. The van der Waals surface area contributed by atoms with Crippen molar-refractivity contribution >= 4 is 29.2 Å². The van der Waals surface area contributed by atoms with Crippen LogP contribution in [0.4, 0.5) is 14.9 Å². The Morgan fingerprint density at radius 3 is 2.76 bits per heavy atom. The smallest absolute Gasteiger partial charge is 0.312 e. The zero-order chi connectivity index (χ0) is 18.1. The van der Waals surface area contributed by atoms with E-state index in [1.165, 1.54) is 24.1 Å². The number of nitrogens with one attached hydrogen (secondary N) is 1. The van der Waals surface area contributed by atoms with Gasteiger partial charge in [0, 0.05) is 13.5 Å². The van der Waals surface area contributed by atoms with Crippen LogP contribution in [-0.2, 0) is 11.2 Å². The summed E-state index contributed by atoms with van der Waals surface area (Å²) in [6, 6.07) is 7.66. The van der Waals surface area contributed by atoms with Crippen LogP contribution >= 0.6 is 11.6 Å². The van der Waals surface area contributed by atoms with Crippen LogP contribution in [0.1, 0.15) is 5.56 Å².